The van der Waals surface area contributed by atoms with Gasteiger partial charge in [-0.25, -0.2) is 0 Å². The van der Waals surface area contributed by atoms with E-state index in [0.29, 0.717) is 13.2 Å². The maximum absolute atomic E-state index is 13.4. The Balaban J connectivity index is 1.78. The first-order valence-electron chi connectivity index (χ1n) is 10.9. The van der Waals surface area contributed by atoms with E-state index in [1.165, 1.54) is 4.90 Å². The van der Waals surface area contributed by atoms with Crippen molar-refractivity contribution < 1.29 is 19.1 Å². The number of hydrogen-bond donors (Lipinski definition) is 1. The topological polar surface area (TPSA) is 59.0 Å². The number of hydrogen-bond acceptors (Lipinski definition) is 4. The monoisotopic (exact) mass is 441 g/mol. The Morgan fingerprint density at radius 3 is 2.13 bits per heavy atom. The molecule has 0 saturated carbocycles. The molecule has 2 atom stereocenters. The van der Waals surface area contributed by atoms with Crippen molar-refractivity contribution in [2.45, 2.75) is 70.3 Å². The average molecular weight is 442 g/mol. The zero-order chi connectivity index (χ0) is 22.7. The van der Waals surface area contributed by atoms with Crippen LogP contribution in [0.4, 0.5) is 0 Å². The lowest BCUT2D eigenvalue weighted by Gasteiger charge is -2.37. The van der Waals surface area contributed by atoms with E-state index in [9.17, 15) is 9.90 Å². The number of likely N-dealkylation sites (tertiary alicyclic amines) is 1. The number of aliphatic hydroxyl groups is 1. The molecule has 0 aromatic heterocycles. The summed E-state index contributed by atoms with van der Waals surface area (Å²) < 4.78 is 12.3. The van der Waals surface area contributed by atoms with Crippen LogP contribution in [0.3, 0.4) is 0 Å². The van der Waals surface area contributed by atoms with Crippen molar-refractivity contribution in [1.29, 1.82) is 0 Å². The van der Waals surface area contributed by atoms with Crippen LogP contribution in [0.5, 0.6) is 0 Å². The third-order valence-electron chi connectivity index (χ3n) is 6.43. The molecule has 3 rings (SSSR count). The van der Waals surface area contributed by atoms with Gasteiger partial charge in [0.05, 0.1) is 13.2 Å². The van der Waals surface area contributed by atoms with Crippen molar-refractivity contribution in [3.8, 4) is 0 Å². The maximum Gasteiger partial charge on any atom is 0.253 e. The van der Waals surface area contributed by atoms with Crippen molar-refractivity contribution in [2.75, 3.05) is 6.61 Å². The zero-order valence-electron chi connectivity index (χ0n) is 19.3. The summed E-state index contributed by atoms with van der Waals surface area (Å²) in [6.45, 7) is 11.4. The molecule has 1 aliphatic heterocycles. The molecule has 1 amide bonds. The van der Waals surface area contributed by atoms with Gasteiger partial charge >= 0.3 is 0 Å². The summed E-state index contributed by atoms with van der Waals surface area (Å²) in [5.41, 5.74) is 0.582. The van der Waals surface area contributed by atoms with Crippen LogP contribution < -0.4 is 0 Å². The van der Waals surface area contributed by atoms with Gasteiger partial charge in [0.2, 0.25) is 0 Å². The van der Waals surface area contributed by atoms with Crippen molar-refractivity contribution in [1.82, 2.24) is 4.90 Å². The molecule has 0 spiro atoms. The van der Waals surface area contributed by atoms with Gasteiger partial charge in [0.25, 0.3) is 5.91 Å². The number of benzene rings is 2. The van der Waals surface area contributed by atoms with E-state index in [1.807, 2.05) is 60.7 Å². The quantitative estimate of drug-likeness (QED) is 0.603. The summed E-state index contributed by atoms with van der Waals surface area (Å²) in [6, 6.07) is 19.6. The molecule has 168 valence electrons. The number of amides is 1. The predicted molar refractivity (Wildman–Crippen MR) is 125 cm³/mol. The second-order valence-electron chi connectivity index (χ2n) is 9.94. The largest absolute Gasteiger partial charge is 0.405 e. The Labute approximate surface area is 187 Å². The third-order valence-corrected chi connectivity index (χ3v) is 10.9. The second-order valence-corrected chi connectivity index (χ2v) is 14.7. The molecule has 1 heterocycles. The number of rotatable bonds is 8. The fourth-order valence-corrected chi connectivity index (χ4v) is 4.78. The van der Waals surface area contributed by atoms with Gasteiger partial charge in [-0.15, -0.1) is 0 Å². The van der Waals surface area contributed by atoms with Crippen LogP contribution in [-0.2, 0) is 27.1 Å². The number of carbonyl (C=O) groups is 1. The molecule has 2 aromatic carbocycles. The summed E-state index contributed by atoms with van der Waals surface area (Å²) in [6.07, 6.45) is -0.449. The van der Waals surface area contributed by atoms with Crippen LogP contribution in [0.1, 0.15) is 38.3 Å². The molecular weight excluding hydrogens is 406 g/mol. The minimum Gasteiger partial charge on any atom is -0.405 e. The molecule has 2 aromatic rings. The van der Waals surface area contributed by atoms with Gasteiger partial charge in [0.1, 0.15) is 6.10 Å². The molecule has 0 radical (unpaired) electrons. The highest BCUT2D eigenvalue weighted by molar-refractivity contribution is 6.74. The van der Waals surface area contributed by atoms with E-state index >= 15 is 0 Å². The average Bonchev–Trinajstić information content (AvgIpc) is 2.93. The number of carbonyl (C=O) groups excluding carboxylic acids is 1. The van der Waals surface area contributed by atoms with E-state index in [2.05, 4.69) is 33.9 Å². The van der Waals surface area contributed by atoms with Crippen LogP contribution in [0.2, 0.25) is 18.1 Å². The summed E-state index contributed by atoms with van der Waals surface area (Å²) in [5, 5.41) is 11.5. The molecule has 1 fully saturated rings. The molecule has 31 heavy (non-hydrogen) atoms. The predicted octanol–water partition coefficient (Wildman–Crippen LogP) is 4.71. The Kier molecular flexibility index (Phi) is 7.06. The fraction of sp³-hybridized carbons (Fsp3) is 0.480. The lowest BCUT2D eigenvalue weighted by atomic mass is 10.1. The Morgan fingerprint density at radius 1 is 1.03 bits per heavy atom. The molecule has 1 N–H and O–H groups in total. The fourth-order valence-electron chi connectivity index (χ4n) is 3.53. The van der Waals surface area contributed by atoms with Gasteiger partial charge in [-0.3, -0.25) is 4.79 Å². The van der Waals surface area contributed by atoms with Crippen molar-refractivity contribution in [3.63, 3.8) is 0 Å². The third kappa shape index (κ3) is 5.63. The van der Waals surface area contributed by atoms with Crippen LogP contribution in [0, 0.1) is 0 Å². The highest BCUT2D eigenvalue weighted by Crippen LogP contribution is 2.41. The van der Waals surface area contributed by atoms with E-state index in [0.717, 1.165) is 11.1 Å². The van der Waals surface area contributed by atoms with Gasteiger partial charge in [-0.2, -0.15) is 0 Å². The summed E-state index contributed by atoms with van der Waals surface area (Å²) in [4.78, 5) is 14.9. The molecule has 0 aliphatic carbocycles. The molecule has 1 unspecified atom stereocenters. The second kappa shape index (κ2) is 9.24. The zero-order valence-corrected chi connectivity index (χ0v) is 20.3. The van der Waals surface area contributed by atoms with E-state index < -0.39 is 20.1 Å². The van der Waals surface area contributed by atoms with E-state index in [4.69, 9.17) is 9.16 Å². The summed E-state index contributed by atoms with van der Waals surface area (Å²) in [7, 11) is -2.18. The standard InChI is InChI=1S/C25H35NO4Si/c1-24(2,3)31(4,5)30-22-16-25(28,19-29-18-21-14-10-7-11-15-21)26(23(22)27)17-20-12-8-6-9-13-20/h6-15,22,28H,16-19H2,1-5H3/t22-,25?/m0/s1. The van der Waals surface area contributed by atoms with Crippen LogP contribution in [-0.4, -0.2) is 42.7 Å². The summed E-state index contributed by atoms with van der Waals surface area (Å²) in [5.74, 6) is -0.167. The van der Waals surface area contributed by atoms with Crippen molar-refractivity contribution in [3.05, 3.63) is 71.8 Å². The molecule has 1 saturated heterocycles. The van der Waals surface area contributed by atoms with E-state index in [-0.39, 0.29) is 24.0 Å². The lowest BCUT2D eigenvalue weighted by Crippen LogP contribution is -2.49. The lowest BCUT2D eigenvalue weighted by molar-refractivity contribution is -0.161. The molecule has 1 aliphatic rings. The van der Waals surface area contributed by atoms with E-state index in [1.54, 1.807) is 0 Å². The molecule has 0 bridgehead atoms. The first-order chi connectivity index (χ1) is 14.5. The number of ether oxygens (including phenoxy) is 1. The minimum absolute atomic E-state index is 0.0257. The smallest absolute Gasteiger partial charge is 0.253 e. The van der Waals surface area contributed by atoms with Gasteiger partial charge in [0, 0.05) is 13.0 Å². The Morgan fingerprint density at radius 2 is 1.58 bits per heavy atom. The van der Waals surface area contributed by atoms with Crippen LogP contribution in [0.25, 0.3) is 0 Å². The Hall–Kier alpha value is -1.99. The number of nitrogens with zero attached hydrogens (tertiary/aromatic N) is 1. The van der Waals surface area contributed by atoms with Crippen molar-refractivity contribution in [2.24, 2.45) is 0 Å². The molecule has 6 heteroatoms. The minimum atomic E-state index is -2.18. The first-order valence-corrected chi connectivity index (χ1v) is 13.8. The molecule has 5 nitrogen and oxygen atoms in total. The first kappa shape index (κ1) is 23.7. The Bertz CT molecular complexity index is 866. The van der Waals surface area contributed by atoms with Crippen LogP contribution >= 0.6 is 0 Å². The SMILES string of the molecule is CC(C)(C)[Si](C)(C)O[C@H]1CC(O)(COCc2ccccc2)N(Cc2ccccc2)C1=O. The summed E-state index contributed by atoms with van der Waals surface area (Å²) >= 11 is 0. The van der Waals surface area contributed by atoms with Gasteiger partial charge in [0.15, 0.2) is 14.0 Å². The highest BCUT2D eigenvalue weighted by Gasteiger charge is 2.53. The van der Waals surface area contributed by atoms with Gasteiger partial charge in [-0.05, 0) is 29.3 Å². The van der Waals surface area contributed by atoms with Gasteiger partial charge in [-0.1, -0.05) is 81.4 Å². The maximum atomic E-state index is 13.4. The molecular formula is C25H35NO4Si. The highest BCUT2D eigenvalue weighted by atomic mass is 28.4. The van der Waals surface area contributed by atoms with Crippen LogP contribution in [0.15, 0.2) is 60.7 Å². The van der Waals surface area contributed by atoms with Crippen molar-refractivity contribution >= 4 is 14.2 Å². The normalized spacial score (nSPS) is 22.2. The van der Waals surface area contributed by atoms with Gasteiger partial charge < -0.3 is 19.2 Å².